The van der Waals surface area contributed by atoms with Gasteiger partial charge in [0.25, 0.3) is 0 Å². The van der Waals surface area contributed by atoms with Crippen molar-refractivity contribution in [2.75, 3.05) is 25.1 Å². The van der Waals surface area contributed by atoms with Crippen molar-refractivity contribution in [1.29, 1.82) is 0 Å². The minimum Gasteiger partial charge on any atom is -0.493 e. The van der Waals surface area contributed by atoms with Crippen molar-refractivity contribution in [2.24, 2.45) is 5.92 Å². The molecule has 0 aliphatic carbocycles. The van der Waals surface area contributed by atoms with E-state index in [1.54, 1.807) is 0 Å². The van der Waals surface area contributed by atoms with Gasteiger partial charge >= 0.3 is 0 Å². The molecule has 0 radical (unpaired) electrons. The van der Waals surface area contributed by atoms with Crippen LogP contribution in [-0.2, 0) is 10.3 Å². The molecule has 3 aromatic rings. The van der Waals surface area contributed by atoms with Gasteiger partial charge in [-0.3, -0.25) is 14.5 Å². The number of anilines is 1. The normalized spacial score (nSPS) is 28.8. The van der Waals surface area contributed by atoms with Gasteiger partial charge < -0.3 is 14.8 Å². The summed E-state index contributed by atoms with van der Waals surface area (Å²) in [4.78, 5) is 31.4. The lowest BCUT2D eigenvalue weighted by Crippen LogP contribution is -2.52. The number of ether oxygens (including phenoxy) is 2. The van der Waals surface area contributed by atoms with Crippen LogP contribution in [0.4, 0.5) is 5.69 Å². The molecule has 2 saturated heterocycles. The molecular weight excluding hydrogens is 464 g/mol. The highest BCUT2D eigenvalue weighted by Gasteiger charge is 2.69. The van der Waals surface area contributed by atoms with Gasteiger partial charge in [-0.05, 0) is 62.1 Å². The SMILES string of the molecule is O=C1c2ccccc2OCCCCOc2ccccc2[C@@H]2C3CCCN3[C@]3(C(=O)Nc4ccccc43)[C@@H]12. The summed E-state index contributed by atoms with van der Waals surface area (Å²) in [5, 5.41) is 3.15. The standard InChI is InChI=1S/C31H30N2O4/c34-29-21-11-2-6-16-26(21)37-19-8-7-18-36-25-15-5-1-10-20(25)27-24-14-9-17-33(24)31(28(27)29)22-12-3-4-13-23(22)32-30(31)35/h1-6,10-13,15-16,24,27-28H,7-9,14,17-19H2,(H,32,35)/t24?,27-,28-,31+/m1/s1. The summed E-state index contributed by atoms with van der Waals surface area (Å²) in [7, 11) is 0. The van der Waals surface area contributed by atoms with Crippen molar-refractivity contribution in [2.45, 2.75) is 43.2 Å². The third-order valence-electron chi connectivity index (χ3n) is 8.67. The zero-order valence-electron chi connectivity index (χ0n) is 20.7. The number of amides is 1. The average Bonchev–Trinajstić information content (AvgIpc) is 3.59. The van der Waals surface area contributed by atoms with Gasteiger partial charge in [-0.25, -0.2) is 0 Å². The molecule has 1 unspecified atom stereocenters. The van der Waals surface area contributed by atoms with Crippen LogP contribution in [0.15, 0.2) is 72.8 Å². The summed E-state index contributed by atoms with van der Waals surface area (Å²) in [6, 6.07) is 23.5. The van der Waals surface area contributed by atoms with Crippen LogP contribution in [0, 0.1) is 5.92 Å². The minimum absolute atomic E-state index is 0.0455. The van der Waals surface area contributed by atoms with Gasteiger partial charge in [-0.1, -0.05) is 48.5 Å². The summed E-state index contributed by atoms with van der Waals surface area (Å²) in [5.41, 5.74) is 2.18. The van der Waals surface area contributed by atoms with Crippen molar-refractivity contribution >= 4 is 17.4 Å². The zero-order valence-corrected chi connectivity index (χ0v) is 20.7. The highest BCUT2D eigenvalue weighted by molar-refractivity contribution is 6.13. The van der Waals surface area contributed by atoms with Crippen molar-refractivity contribution in [3.8, 4) is 11.5 Å². The van der Waals surface area contributed by atoms with Gasteiger partial charge in [0.15, 0.2) is 5.78 Å². The van der Waals surface area contributed by atoms with Crippen LogP contribution in [0.1, 0.15) is 53.1 Å². The second-order valence-electron chi connectivity index (χ2n) is 10.5. The van der Waals surface area contributed by atoms with E-state index in [-0.39, 0.29) is 23.7 Å². The molecule has 1 amide bonds. The number of Topliss-reactive ketones (excluding diaryl/α,β-unsaturated/α-hetero) is 1. The second kappa shape index (κ2) is 8.73. The fraction of sp³-hybridized carbons (Fsp3) is 0.355. The molecule has 4 aliphatic rings. The molecule has 7 rings (SSSR count). The van der Waals surface area contributed by atoms with Crippen LogP contribution >= 0.6 is 0 Å². The number of benzene rings is 3. The van der Waals surface area contributed by atoms with Crippen LogP contribution in [0.2, 0.25) is 0 Å². The highest BCUT2D eigenvalue weighted by Crippen LogP contribution is 2.62. The Morgan fingerprint density at radius 1 is 0.811 bits per heavy atom. The van der Waals surface area contributed by atoms with Gasteiger partial charge in [0.2, 0.25) is 5.91 Å². The van der Waals surface area contributed by atoms with Crippen molar-refractivity contribution in [1.82, 2.24) is 4.90 Å². The number of hydrogen-bond donors (Lipinski definition) is 1. The Morgan fingerprint density at radius 2 is 1.51 bits per heavy atom. The topological polar surface area (TPSA) is 67.9 Å². The second-order valence-corrected chi connectivity index (χ2v) is 10.5. The molecule has 2 fully saturated rings. The predicted molar refractivity (Wildman–Crippen MR) is 140 cm³/mol. The van der Waals surface area contributed by atoms with Crippen LogP contribution in [0.25, 0.3) is 0 Å². The molecule has 6 heteroatoms. The largest absolute Gasteiger partial charge is 0.493 e. The van der Waals surface area contributed by atoms with Crippen LogP contribution in [0.3, 0.4) is 0 Å². The van der Waals surface area contributed by atoms with E-state index in [0.717, 1.165) is 54.8 Å². The summed E-state index contributed by atoms with van der Waals surface area (Å²) in [6.07, 6.45) is 3.60. The smallest absolute Gasteiger partial charge is 0.250 e. The Labute approximate surface area is 216 Å². The molecule has 0 bridgehead atoms. The minimum atomic E-state index is -1.08. The van der Waals surface area contributed by atoms with Gasteiger partial charge in [0, 0.05) is 23.2 Å². The van der Waals surface area contributed by atoms with Crippen molar-refractivity contribution in [3.05, 3.63) is 89.5 Å². The van der Waals surface area contributed by atoms with Gasteiger partial charge in [0.05, 0.1) is 24.7 Å². The molecule has 188 valence electrons. The molecule has 0 aromatic heterocycles. The molecule has 0 saturated carbocycles. The van der Waals surface area contributed by atoms with E-state index in [2.05, 4.69) is 16.3 Å². The summed E-state index contributed by atoms with van der Waals surface area (Å²) in [6.45, 7) is 1.86. The zero-order chi connectivity index (χ0) is 25.0. The first-order valence-corrected chi connectivity index (χ1v) is 13.4. The molecule has 4 heterocycles. The number of fused-ring (bicyclic) bond motifs is 10. The van der Waals surface area contributed by atoms with Crippen LogP contribution in [-0.4, -0.2) is 42.4 Å². The fourth-order valence-electron chi connectivity index (χ4n) is 7.28. The van der Waals surface area contributed by atoms with Crippen LogP contribution in [0.5, 0.6) is 11.5 Å². The number of nitrogens with zero attached hydrogens (tertiary/aromatic N) is 1. The van der Waals surface area contributed by atoms with Crippen molar-refractivity contribution in [3.63, 3.8) is 0 Å². The number of ketones is 1. The van der Waals surface area contributed by atoms with Crippen molar-refractivity contribution < 1.29 is 19.1 Å². The lowest BCUT2D eigenvalue weighted by atomic mass is 9.68. The number of carbonyl (C=O) groups is 2. The molecule has 37 heavy (non-hydrogen) atoms. The Bertz CT molecular complexity index is 1390. The van der Waals surface area contributed by atoms with E-state index in [9.17, 15) is 9.59 Å². The Balaban J connectivity index is 1.51. The number of hydrogen-bond acceptors (Lipinski definition) is 5. The van der Waals surface area contributed by atoms with Gasteiger partial charge in [-0.2, -0.15) is 0 Å². The predicted octanol–water partition coefficient (Wildman–Crippen LogP) is 5.15. The summed E-state index contributed by atoms with van der Waals surface area (Å²) in [5.74, 6) is 0.426. The quantitative estimate of drug-likeness (QED) is 0.468. The van der Waals surface area contributed by atoms with Gasteiger partial charge in [0.1, 0.15) is 17.0 Å². The number of rotatable bonds is 0. The molecule has 4 aliphatic heterocycles. The third kappa shape index (κ3) is 3.21. The number of para-hydroxylation sites is 3. The van der Waals surface area contributed by atoms with E-state index in [0.29, 0.717) is 24.5 Å². The summed E-state index contributed by atoms with van der Waals surface area (Å²) < 4.78 is 12.5. The molecule has 6 nitrogen and oxygen atoms in total. The van der Waals surface area contributed by atoms with E-state index in [1.807, 2.05) is 66.7 Å². The Kier molecular flexibility index (Phi) is 5.32. The first kappa shape index (κ1) is 22.5. The first-order chi connectivity index (χ1) is 18.2. The Morgan fingerprint density at radius 3 is 2.38 bits per heavy atom. The molecule has 1 spiro atoms. The fourth-order valence-corrected chi connectivity index (χ4v) is 7.28. The van der Waals surface area contributed by atoms with E-state index in [1.165, 1.54) is 0 Å². The lowest BCUT2D eigenvalue weighted by molar-refractivity contribution is -0.127. The first-order valence-electron chi connectivity index (χ1n) is 13.4. The number of nitrogens with one attached hydrogen (secondary N) is 1. The van der Waals surface area contributed by atoms with E-state index >= 15 is 0 Å². The van der Waals surface area contributed by atoms with E-state index in [4.69, 9.17) is 9.47 Å². The monoisotopic (exact) mass is 494 g/mol. The number of carbonyl (C=O) groups excluding carboxylic acids is 2. The average molecular weight is 495 g/mol. The van der Waals surface area contributed by atoms with E-state index < -0.39 is 11.5 Å². The van der Waals surface area contributed by atoms with Crippen LogP contribution < -0.4 is 14.8 Å². The molecule has 4 atom stereocenters. The Hall–Kier alpha value is -3.64. The maximum Gasteiger partial charge on any atom is 0.250 e. The lowest BCUT2D eigenvalue weighted by Gasteiger charge is -2.37. The highest BCUT2D eigenvalue weighted by atomic mass is 16.5. The summed E-state index contributed by atoms with van der Waals surface area (Å²) >= 11 is 0. The maximum atomic E-state index is 14.9. The third-order valence-corrected chi connectivity index (χ3v) is 8.67. The molecule has 1 N–H and O–H groups in total. The molecule has 3 aromatic carbocycles. The van der Waals surface area contributed by atoms with Gasteiger partial charge in [-0.15, -0.1) is 0 Å². The maximum absolute atomic E-state index is 14.9. The molecular formula is C31H30N2O4.